The van der Waals surface area contributed by atoms with Gasteiger partial charge >= 0.3 is 5.97 Å². The van der Waals surface area contributed by atoms with Crippen LogP contribution in [0.5, 0.6) is 0 Å². The molecule has 0 bridgehead atoms. The molecular weight excluding hydrogens is 406 g/mol. The number of unbranched alkanes of at least 4 members (excludes halogenated alkanes) is 15. The van der Waals surface area contributed by atoms with Crippen molar-refractivity contribution >= 4 is 11.9 Å². The highest BCUT2D eigenvalue weighted by atomic mass is 16.4. The highest BCUT2D eigenvalue weighted by Gasteiger charge is 2.25. The van der Waals surface area contributed by atoms with Gasteiger partial charge in [-0.3, -0.25) is 14.5 Å². The van der Waals surface area contributed by atoms with E-state index in [1.165, 1.54) is 83.5 Å². The lowest BCUT2D eigenvalue weighted by atomic mass is 10.0. The first kappa shape index (κ1) is 30.8. The molecule has 0 fully saturated rings. The minimum Gasteiger partial charge on any atom is -0.480 e. The van der Waals surface area contributed by atoms with Crippen molar-refractivity contribution < 1.29 is 19.8 Å². The third kappa shape index (κ3) is 19.5. The van der Waals surface area contributed by atoms with Crippen LogP contribution in [0.4, 0.5) is 0 Å². The molecule has 0 aromatic carbocycles. The monoisotopic (exact) mass is 457 g/mol. The quantitative estimate of drug-likeness (QED) is 0.152. The Morgan fingerprint density at radius 2 is 1.09 bits per heavy atom. The molecule has 0 aromatic rings. The molecule has 0 radical (unpaired) electrons. The van der Waals surface area contributed by atoms with Crippen LogP contribution in [-0.2, 0) is 9.59 Å². The molecule has 0 unspecified atom stereocenters. The molecule has 0 aliphatic carbocycles. The van der Waals surface area contributed by atoms with Crippen LogP contribution in [0.25, 0.3) is 0 Å². The number of aliphatic hydroxyl groups is 1. The molecule has 1 amide bonds. The Labute approximate surface area is 196 Å². The van der Waals surface area contributed by atoms with E-state index in [1.807, 2.05) is 0 Å². The minimum atomic E-state index is -0.956. The molecule has 0 spiro atoms. The molecule has 0 saturated heterocycles. The van der Waals surface area contributed by atoms with E-state index in [0.717, 1.165) is 25.8 Å². The van der Waals surface area contributed by atoms with Crippen molar-refractivity contribution in [2.45, 2.75) is 122 Å². The zero-order valence-electron chi connectivity index (χ0n) is 20.4. The molecular formula is C25H51N3O4. The van der Waals surface area contributed by atoms with Crippen molar-refractivity contribution in [1.29, 1.82) is 0 Å². The van der Waals surface area contributed by atoms with E-state index in [4.69, 9.17) is 11.5 Å². The van der Waals surface area contributed by atoms with Crippen LogP contribution in [0.15, 0.2) is 0 Å². The lowest BCUT2D eigenvalue weighted by Crippen LogP contribution is -2.43. The molecule has 7 heteroatoms. The third-order valence-electron chi connectivity index (χ3n) is 6.18. The van der Waals surface area contributed by atoms with Crippen molar-refractivity contribution in [1.82, 2.24) is 4.90 Å². The normalized spacial score (nSPS) is 12.3. The predicted molar refractivity (Wildman–Crippen MR) is 131 cm³/mol. The summed E-state index contributed by atoms with van der Waals surface area (Å²) in [5, 5.41) is 18.7. The Morgan fingerprint density at radius 3 is 1.44 bits per heavy atom. The number of rotatable bonds is 25. The van der Waals surface area contributed by atoms with Crippen LogP contribution in [0, 0.1) is 0 Å². The number of amides is 1. The van der Waals surface area contributed by atoms with Gasteiger partial charge in [0.15, 0.2) is 0 Å². The Bertz CT molecular complexity index is 449. The number of carboxylic acids is 1. The molecule has 1 atom stereocenters. The SMILES string of the molecule is NCCCCCCCCCCCCCCCCCCN(CCO)[C@@H](CCC(N)=O)C(=O)O. The maximum absolute atomic E-state index is 11.5. The largest absolute Gasteiger partial charge is 0.480 e. The summed E-state index contributed by atoms with van der Waals surface area (Å²) < 4.78 is 0. The summed E-state index contributed by atoms with van der Waals surface area (Å²) in [5.74, 6) is -1.45. The van der Waals surface area contributed by atoms with E-state index in [2.05, 4.69) is 0 Å². The topological polar surface area (TPSA) is 130 Å². The van der Waals surface area contributed by atoms with E-state index < -0.39 is 17.9 Å². The first-order valence-electron chi connectivity index (χ1n) is 13.1. The van der Waals surface area contributed by atoms with Gasteiger partial charge in [0.25, 0.3) is 0 Å². The van der Waals surface area contributed by atoms with Crippen molar-refractivity contribution in [3.8, 4) is 0 Å². The maximum Gasteiger partial charge on any atom is 0.320 e. The van der Waals surface area contributed by atoms with Gasteiger partial charge in [-0.25, -0.2) is 0 Å². The second-order valence-electron chi connectivity index (χ2n) is 9.06. The van der Waals surface area contributed by atoms with E-state index in [9.17, 15) is 19.8 Å². The summed E-state index contributed by atoms with van der Waals surface area (Å²) >= 11 is 0. The number of nitrogens with two attached hydrogens (primary N) is 2. The number of hydrogen-bond acceptors (Lipinski definition) is 5. The minimum absolute atomic E-state index is 0.0497. The molecule has 0 heterocycles. The van der Waals surface area contributed by atoms with Crippen molar-refractivity contribution in [3.63, 3.8) is 0 Å². The van der Waals surface area contributed by atoms with Gasteiger partial charge in [0, 0.05) is 13.0 Å². The molecule has 32 heavy (non-hydrogen) atoms. The van der Waals surface area contributed by atoms with Gasteiger partial charge in [-0.15, -0.1) is 0 Å². The fraction of sp³-hybridized carbons (Fsp3) is 0.920. The number of nitrogens with zero attached hydrogens (tertiary/aromatic N) is 1. The first-order valence-corrected chi connectivity index (χ1v) is 13.1. The third-order valence-corrected chi connectivity index (χ3v) is 6.18. The van der Waals surface area contributed by atoms with Crippen LogP contribution >= 0.6 is 0 Å². The summed E-state index contributed by atoms with van der Waals surface area (Å²) in [6.45, 7) is 1.68. The van der Waals surface area contributed by atoms with Gasteiger partial charge in [-0.05, 0) is 32.4 Å². The second kappa shape index (κ2) is 23.0. The number of carbonyl (C=O) groups excluding carboxylic acids is 1. The van der Waals surface area contributed by atoms with Crippen LogP contribution in [-0.4, -0.2) is 59.3 Å². The lowest BCUT2D eigenvalue weighted by molar-refractivity contribution is -0.144. The smallest absolute Gasteiger partial charge is 0.320 e. The average molecular weight is 458 g/mol. The van der Waals surface area contributed by atoms with E-state index in [1.54, 1.807) is 4.90 Å². The van der Waals surface area contributed by atoms with Crippen molar-refractivity contribution in [2.24, 2.45) is 11.5 Å². The fourth-order valence-corrected chi connectivity index (χ4v) is 4.23. The summed E-state index contributed by atoms with van der Waals surface area (Å²) in [5.41, 5.74) is 10.7. The molecule has 0 saturated carbocycles. The Balaban J connectivity index is 3.63. The highest BCUT2D eigenvalue weighted by Crippen LogP contribution is 2.15. The van der Waals surface area contributed by atoms with Gasteiger partial charge in [-0.1, -0.05) is 89.9 Å². The molecule has 6 N–H and O–H groups in total. The van der Waals surface area contributed by atoms with Crippen LogP contribution in [0.3, 0.4) is 0 Å². The number of carboxylic acid groups (broad SMARTS) is 1. The van der Waals surface area contributed by atoms with Crippen LogP contribution in [0.1, 0.15) is 116 Å². The maximum atomic E-state index is 11.5. The molecule has 190 valence electrons. The Kier molecular flexibility index (Phi) is 22.1. The second-order valence-corrected chi connectivity index (χ2v) is 9.06. The summed E-state index contributed by atoms with van der Waals surface area (Å²) in [4.78, 5) is 24.3. The average Bonchev–Trinajstić information content (AvgIpc) is 2.75. The number of carbonyl (C=O) groups is 2. The van der Waals surface area contributed by atoms with Gasteiger partial charge in [-0.2, -0.15) is 0 Å². The number of primary amides is 1. The number of aliphatic carboxylic acids is 1. The molecule has 0 aromatic heterocycles. The van der Waals surface area contributed by atoms with E-state index >= 15 is 0 Å². The van der Waals surface area contributed by atoms with Crippen molar-refractivity contribution in [3.05, 3.63) is 0 Å². The zero-order valence-corrected chi connectivity index (χ0v) is 20.4. The first-order chi connectivity index (χ1) is 15.5. The van der Waals surface area contributed by atoms with Gasteiger partial charge in [0.1, 0.15) is 6.04 Å². The fourth-order valence-electron chi connectivity index (χ4n) is 4.23. The summed E-state index contributed by atoms with van der Waals surface area (Å²) in [7, 11) is 0. The van der Waals surface area contributed by atoms with Gasteiger partial charge in [0.05, 0.1) is 6.61 Å². The van der Waals surface area contributed by atoms with Gasteiger partial charge in [0.2, 0.25) is 5.91 Å². The van der Waals surface area contributed by atoms with Crippen molar-refractivity contribution in [2.75, 3.05) is 26.2 Å². The molecule has 0 aliphatic rings. The lowest BCUT2D eigenvalue weighted by Gasteiger charge is -2.28. The van der Waals surface area contributed by atoms with E-state index in [-0.39, 0.29) is 19.4 Å². The summed E-state index contributed by atoms with van der Waals surface area (Å²) in [6, 6.07) is -0.759. The molecule has 7 nitrogen and oxygen atoms in total. The van der Waals surface area contributed by atoms with E-state index in [0.29, 0.717) is 13.1 Å². The zero-order chi connectivity index (χ0) is 23.9. The number of hydrogen-bond donors (Lipinski definition) is 4. The summed E-state index contributed by atoms with van der Waals surface area (Å²) in [6.07, 6.45) is 20.5. The Morgan fingerprint density at radius 1 is 0.688 bits per heavy atom. The van der Waals surface area contributed by atoms with Crippen LogP contribution in [0.2, 0.25) is 0 Å². The van der Waals surface area contributed by atoms with Crippen LogP contribution < -0.4 is 11.5 Å². The molecule has 0 rings (SSSR count). The van der Waals surface area contributed by atoms with Gasteiger partial charge < -0.3 is 21.7 Å². The standard InChI is InChI=1S/C25H51N3O4/c26-19-15-13-11-9-7-5-3-1-2-4-6-8-10-12-14-16-20-28(21-22-29)23(25(31)32)17-18-24(27)30/h23,29H,1-22,26H2,(H2,27,30)(H,31,32)/t23-/m0/s1. The Hall–Kier alpha value is -1.18. The molecule has 0 aliphatic heterocycles. The highest BCUT2D eigenvalue weighted by molar-refractivity contribution is 5.77. The predicted octanol–water partition coefficient (Wildman–Crippen LogP) is 4.20. The number of aliphatic hydroxyl groups excluding tert-OH is 1.